The van der Waals surface area contributed by atoms with Crippen LogP contribution in [0.4, 0.5) is 5.69 Å². The summed E-state index contributed by atoms with van der Waals surface area (Å²) in [5.41, 5.74) is 6.77. The number of hydrogen-bond acceptors (Lipinski definition) is 3. The standard InChI is InChI=1S/C15H15ClN2O3S/c1-22(20,21)18(14-4-2-3-13(16)9-14)10-11-5-7-12(8-6-11)15(17)19/h2-9H,10H2,1H3,(H2,17,19). The number of amides is 1. The molecule has 116 valence electrons. The van der Waals surface area contributed by atoms with Crippen molar-refractivity contribution in [2.24, 2.45) is 5.73 Å². The van der Waals surface area contributed by atoms with E-state index in [1.54, 1.807) is 48.5 Å². The number of carbonyl (C=O) groups excluding carboxylic acids is 1. The third kappa shape index (κ3) is 3.99. The molecule has 0 aromatic heterocycles. The largest absolute Gasteiger partial charge is 0.366 e. The smallest absolute Gasteiger partial charge is 0.248 e. The van der Waals surface area contributed by atoms with E-state index in [2.05, 4.69) is 0 Å². The quantitative estimate of drug-likeness (QED) is 0.909. The molecular formula is C15H15ClN2O3S. The summed E-state index contributed by atoms with van der Waals surface area (Å²) < 4.78 is 25.3. The Morgan fingerprint density at radius 1 is 1.18 bits per heavy atom. The molecule has 0 spiro atoms. The maximum absolute atomic E-state index is 12.0. The number of sulfonamides is 1. The summed E-state index contributed by atoms with van der Waals surface area (Å²) in [5, 5.41) is 0.454. The highest BCUT2D eigenvalue weighted by atomic mass is 35.5. The van der Waals surface area contributed by atoms with E-state index in [0.717, 1.165) is 11.8 Å². The molecule has 1 amide bonds. The summed E-state index contributed by atoms with van der Waals surface area (Å²) in [4.78, 5) is 11.1. The molecule has 0 saturated carbocycles. The van der Waals surface area contributed by atoms with E-state index < -0.39 is 15.9 Å². The Bertz CT molecular complexity index is 789. The Morgan fingerprint density at radius 2 is 1.82 bits per heavy atom. The van der Waals surface area contributed by atoms with E-state index in [4.69, 9.17) is 17.3 Å². The normalized spacial score (nSPS) is 11.2. The fourth-order valence-electron chi connectivity index (χ4n) is 1.97. The lowest BCUT2D eigenvalue weighted by atomic mass is 10.1. The number of nitrogens with two attached hydrogens (primary N) is 1. The maximum Gasteiger partial charge on any atom is 0.248 e. The number of nitrogens with zero attached hydrogens (tertiary/aromatic N) is 1. The maximum atomic E-state index is 12.0. The van der Waals surface area contributed by atoms with Crippen LogP contribution in [0.3, 0.4) is 0 Å². The van der Waals surface area contributed by atoms with Gasteiger partial charge >= 0.3 is 0 Å². The summed E-state index contributed by atoms with van der Waals surface area (Å²) in [6, 6.07) is 13.1. The lowest BCUT2D eigenvalue weighted by Crippen LogP contribution is -2.29. The van der Waals surface area contributed by atoms with Gasteiger partial charge in [-0.15, -0.1) is 0 Å². The number of anilines is 1. The predicted molar refractivity (Wildman–Crippen MR) is 87.4 cm³/mol. The lowest BCUT2D eigenvalue weighted by molar-refractivity contribution is 0.100. The Labute approximate surface area is 134 Å². The van der Waals surface area contributed by atoms with Crippen molar-refractivity contribution in [2.75, 3.05) is 10.6 Å². The van der Waals surface area contributed by atoms with Crippen LogP contribution in [-0.4, -0.2) is 20.6 Å². The Kier molecular flexibility index (Phi) is 4.73. The van der Waals surface area contributed by atoms with E-state index in [1.165, 1.54) is 4.31 Å². The van der Waals surface area contributed by atoms with Crippen molar-refractivity contribution in [3.05, 3.63) is 64.7 Å². The molecule has 2 aromatic rings. The van der Waals surface area contributed by atoms with Crippen molar-refractivity contribution in [3.63, 3.8) is 0 Å². The second kappa shape index (κ2) is 6.37. The van der Waals surface area contributed by atoms with Crippen LogP contribution in [0.15, 0.2) is 48.5 Å². The average Bonchev–Trinajstić information content (AvgIpc) is 2.44. The average molecular weight is 339 g/mol. The molecule has 7 heteroatoms. The molecule has 0 fully saturated rings. The van der Waals surface area contributed by atoms with Crippen molar-refractivity contribution in [3.8, 4) is 0 Å². The molecule has 0 aliphatic heterocycles. The molecule has 0 radical (unpaired) electrons. The van der Waals surface area contributed by atoms with Gasteiger partial charge in [0.1, 0.15) is 0 Å². The summed E-state index contributed by atoms with van der Waals surface area (Å²) >= 11 is 5.92. The SMILES string of the molecule is CS(=O)(=O)N(Cc1ccc(C(N)=O)cc1)c1cccc(Cl)c1. The number of halogens is 1. The molecule has 22 heavy (non-hydrogen) atoms. The van der Waals surface area contributed by atoms with Gasteiger partial charge in [-0.2, -0.15) is 0 Å². The van der Waals surface area contributed by atoms with Gasteiger partial charge in [0.2, 0.25) is 15.9 Å². The van der Waals surface area contributed by atoms with Gasteiger partial charge in [0.25, 0.3) is 0 Å². The molecule has 0 aliphatic rings. The zero-order valence-electron chi connectivity index (χ0n) is 11.9. The Balaban J connectivity index is 2.34. The molecule has 2 rings (SSSR count). The highest BCUT2D eigenvalue weighted by Crippen LogP contribution is 2.24. The van der Waals surface area contributed by atoms with E-state index in [-0.39, 0.29) is 6.54 Å². The van der Waals surface area contributed by atoms with Crippen molar-refractivity contribution in [1.29, 1.82) is 0 Å². The van der Waals surface area contributed by atoms with Crippen LogP contribution in [0.2, 0.25) is 5.02 Å². The highest BCUT2D eigenvalue weighted by molar-refractivity contribution is 7.92. The molecule has 0 aliphatic carbocycles. The lowest BCUT2D eigenvalue weighted by Gasteiger charge is -2.22. The number of rotatable bonds is 5. The van der Waals surface area contributed by atoms with Gasteiger partial charge in [-0.1, -0.05) is 29.8 Å². The van der Waals surface area contributed by atoms with E-state index in [9.17, 15) is 13.2 Å². The molecule has 2 N–H and O–H groups in total. The molecule has 5 nitrogen and oxygen atoms in total. The van der Waals surface area contributed by atoms with Gasteiger partial charge in [0, 0.05) is 10.6 Å². The second-order valence-corrected chi connectivity index (χ2v) is 7.15. The van der Waals surface area contributed by atoms with Gasteiger partial charge in [0.15, 0.2) is 0 Å². The first-order valence-corrected chi connectivity index (χ1v) is 8.62. The molecule has 0 unspecified atom stereocenters. The molecule has 0 bridgehead atoms. The third-order valence-corrected chi connectivity index (χ3v) is 4.44. The van der Waals surface area contributed by atoms with Crippen LogP contribution in [-0.2, 0) is 16.6 Å². The molecular weight excluding hydrogens is 324 g/mol. The van der Waals surface area contributed by atoms with Crippen molar-refractivity contribution < 1.29 is 13.2 Å². The fraction of sp³-hybridized carbons (Fsp3) is 0.133. The van der Waals surface area contributed by atoms with Crippen LogP contribution in [0.5, 0.6) is 0 Å². The van der Waals surface area contributed by atoms with Crippen molar-refractivity contribution >= 4 is 33.2 Å². The number of hydrogen-bond donors (Lipinski definition) is 1. The first kappa shape index (κ1) is 16.3. The minimum atomic E-state index is -3.48. The number of benzene rings is 2. The fourth-order valence-corrected chi connectivity index (χ4v) is 3.04. The Morgan fingerprint density at radius 3 is 2.32 bits per heavy atom. The zero-order valence-corrected chi connectivity index (χ0v) is 13.4. The zero-order chi connectivity index (χ0) is 16.3. The van der Waals surface area contributed by atoms with Gasteiger partial charge < -0.3 is 5.73 Å². The third-order valence-electron chi connectivity index (χ3n) is 3.06. The topological polar surface area (TPSA) is 80.5 Å². The van der Waals surface area contributed by atoms with Crippen molar-refractivity contribution in [1.82, 2.24) is 0 Å². The van der Waals surface area contributed by atoms with E-state index >= 15 is 0 Å². The van der Waals surface area contributed by atoms with Gasteiger partial charge in [-0.3, -0.25) is 9.10 Å². The monoisotopic (exact) mass is 338 g/mol. The number of carbonyl (C=O) groups is 1. The first-order valence-electron chi connectivity index (χ1n) is 6.39. The van der Waals surface area contributed by atoms with Gasteiger partial charge in [-0.05, 0) is 35.9 Å². The summed E-state index contributed by atoms with van der Waals surface area (Å²) in [6.07, 6.45) is 1.13. The summed E-state index contributed by atoms with van der Waals surface area (Å²) in [6.45, 7) is 0.137. The summed E-state index contributed by atoms with van der Waals surface area (Å²) in [7, 11) is -3.48. The molecule has 2 aromatic carbocycles. The molecule has 0 atom stereocenters. The highest BCUT2D eigenvalue weighted by Gasteiger charge is 2.18. The minimum absolute atomic E-state index is 0.137. The van der Waals surface area contributed by atoms with Gasteiger partial charge in [-0.25, -0.2) is 8.42 Å². The first-order chi connectivity index (χ1) is 10.3. The summed E-state index contributed by atoms with van der Waals surface area (Å²) in [5.74, 6) is -0.527. The van der Waals surface area contributed by atoms with Crippen LogP contribution >= 0.6 is 11.6 Å². The van der Waals surface area contributed by atoms with Crippen LogP contribution < -0.4 is 10.0 Å². The van der Waals surface area contributed by atoms with Crippen LogP contribution in [0.25, 0.3) is 0 Å². The van der Waals surface area contributed by atoms with Crippen LogP contribution in [0.1, 0.15) is 15.9 Å². The van der Waals surface area contributed by atoms with E-state index in [0.29, 0.717) is 16.3 Å². The van der Waals surface area contributed by atoms with E-state index in [1.807, 2.05) is 0 Å². The number of primary amides is 1. The van der Waals surface area contributed by atoms with Crippen LogP contribution in [0, 0.1) is 0 Å². The molecule has 0 heterocycles. The minimum Gasteiger partial charge on any atom is -0.366 e. The second-order valence-electron chi connectivity index (χ2n) is 4.81. The van der Waals surface area contributed by atoms with Crippen molar-refractivity contribution in [2.45, 2.75) is 6.54 Å². The predicted octanol–water partition coefficient (Wildman–Crippen LogP) is 2.41. The molecule has 0 saturated heterocycles. The Hall–Kier alpha value is -2.05. The van der Waals surface area contributed by atoms with Gasteiger partial charge in [0.05, 0.1) is 18.5 Å².